The number of carbonyl (C=O) groups is 4. The van der Waals surface area contributed by atoms with Crippen LogP contribution in [0, 0.1) is 0 Å². The number of hydrogen-bond donors (Lipinski definition) is 1. The van der Waals surface area contributed by atoms with Crippen LogP contribution in [0.2, 0.25) is 0 Å². The number of fused-ring (bicyclic) bond motifs is 2. The van der Waals surface area contributed by atoms with E-state index in [0.29, 0.717) is 35.5 Å². The van der Waals surface area contributed by atoms with Crippen molar-refractivity contribution in [3.05, 3.63) is 101 Å². The van der Waals surface area contributed by atoms with Gasteiger partial charge in [-0.2, -0.15) is 0 Å². The Morgan fingerprint density at radius 1 is 0.818 bits per heavy atom. The summed E-state index contributed by atoms with van der Waals surface area (Å²) in [6.07, 6.45) is 0.733. The molecular formula is C26H21N3O4. The molecule has 4 amide bonds. The van der Waals surface area contributed by atoms with E-state index in [1.165, 1.54) is 0 Å². The first-order valence-electron chi connectivity index (χ1n) is 10.7. The van der Waals surface area contributed by atoms with Crippen molar-refractivity contribution in [1.82, 2.24) is 9.80 Å². The molecule has 0 saturated carbocycles. The molecule has 0 bridgehead atoms. The Morgan fingerprint density at radius 3 is 2.18 bits per heavy atom. The van der Waals surface area contributed by atoms with Gasteiger partial charge in [0.15, 0.2) is 0 Å². The average Bonchev–Trinajstić information content (AvgIpc) is 3.08. The van der Waals surface area contributed by atoms with E-state index in [2.05, 4.69) is 5.32 Å². The van der Waals surface area contributed by atoms with Gasteiger partial charge in [-0.05, 0) is 53.9 Å². The number of hydrogen-bond acceptors (Lipinski definition) is 4. The normalized spacial score (nSPS) is 14.7. The topological polar surface area (TPSA) is 86.8 Å². The molecule has 5 rings (SSSR count). The van der Waals surface area contributed by atoms with Crippen molar-refractivity contribution in [3.8, 4) is 0 Å². The molecule has 7 nitrogen and oxygen atoms in total. The second-order valence-electron chi connectivity index (χ2n) is 8.12. The van der Waals surface area contributed by atoms with E-state index in [0.717, 1.165) is 22.4 Å². The van der Waals surface area contributed by atoms with Crippen molar-refractivity contribution in [2.75, 3.05) is 18.4 Å². The molecule has 0 fully saturated rings. The van der Waals surface area contributed by atoms with Gasteiger partial charge in [0.05, 0.1) is 11.1 Å². The maximum atomic E-state index is 12.8. The third-order valence-corrected chi connectivity index (χ3v) is 5.99. The van der Waals surface area contributed by atoms with Crippen LogP contribution >= 0.6 is 0 Å². The van der Waals surface area contributed by atoms with Crippen LogP contribution in [0.15, 0.2) is 72.8 Å². The van der Waals surface area contributed by atoms with E-state index in [9.17, 15) is 19.2 Å². The van der Waals surface area contributed by atoms with E-state index in [4.69, 9.17) is 0 Å². The Labute approximate surface area is 190 Å². The van der Waals surface area contributed by atoms with Crippen LogP contribution in [0.4, 0.5) is 5.69 Å². The van der Waals surface area contributed by atoms with Gasteiger partial charge in [-0.3, -0.25) is 24.1 Å². The van der Waals surface area contributed by atoms with Crippen LogP contribution in [0.1, 0.15) is 42.2 Å². The fraction of sp³-hybridized carbons (Fsp3) is 0.154. The zero-order valence-corrected chi connectivity index (χ0v) is 17.8. The van der Waals surface area contributed by atoms with Crippen molar-refractivity contribution >= 4 is 29.3 Å². The minimum absolute atomic E-state index is 0.0266. The maximum absolute atomic E-state index is 12.8. The van der Waals surface area contributed by atoms with Crippen LogP contribution in [-0.4, -0.2) is 46.5 Å². The summed E-state index contributed by atoms with van der Waals surface area (Å²) in [5, 5.41) is 2.77. The van der Waals surface area contributed by atoms with Crippen molar-refractivity contribution in [2.45, 2.75) is 13.0 Å². The van der Waals surface area contributed by atoms with Crippen LogP contribution < -0.4 is 5.32 Å². The molecule has 0 radical (unpaired) electrons. The second-order valence-corrected chi connectivity index (χ2v) is 8.12. The highest BCUT2D eigenvalue weighted by Gasteiger charge is 2.36. The van der Waals surface area contributed by atoms with Crippen LogP contribution in [0.3, 0.4) is 0 Å². The van der Waals surface area contributed by atoms with E-state index in [1.807, 2.05) is 30.3 Å². The number of imide groups is 1. The van der Waals surface area contributed by atoms with E-state index >= 15 is 0 Å². The molecule has 0 aliphatic carbocycles. The molecule has 0 saturated heterocycles. The van der Waals surface area contributed by atoms with Gasteiger partial charge >= 0.3 is 0 Å². The standard InChI is InChI=1S/C26H21N3O4/c30-23(16-29-25(32)21-8-4-5-9-22(21)26(29)33)27-20-11-10-17-12-13-28(15-19(17)14-20)24(31)18-6-2-1-3-7-18/h1-11,14H,12-13,15-16H2,(H,27,30). The Kier molecular flexibility index (Phi) is 5.22. The molecule has 164 valence electrons. The van der Waals surface area contributed by atoms with Gasteiger partial charge in [-0.25, -0.2) is 0 Å². The predicted molar refractivity (Wildman–Crippen MR) is 122 cm³/mol. The quantitative estimate of drug-likeness (QED) is 0.633. The Hall–Kier alpha value is -4.26. The highest BCUT2D eigenvalue weighted by atomic mass is 16.2. The van der Waals surface area contributed by atoms with Crippen molar-refractivity contribution in [2.24, 2.45) is 0 Å². The highest BCUT2D eigenvalue weighted by Crippen LogP contribution is 2.25. The van der Waals surface area contributed by atoms with Gasteiger partial charge < -0.3 is 10.2 Å². The first kappa shape index (κ1) is 20.6. The third-order valence-electron chi connectivity index (χ3n) is 5.99. The second kappa shape index (κ2) is 8.35. The van der Waals surface area contributed by atoms with Crippen molar-refractivity contribution in [1.29, 1.82) is 0 Å². The molecule has 2 aliphatic rings. The molecule has 0 unspecified atom stereocenters. The van der Waals surface area contributed by atoms with Crippen LogP contribution in [0.5, 0.6) is 0 Å². The molecule has 2 aliphatic heterocycles. The number of amides is 4. The number of carbonyl (C=O) groups excluding carboxylic acids is 4. The minimum Gasteiger partial charge on any atom is -0.334 e. The smallest absolute Gasteiger partial charge is 0.262 e. The SMILES string of the molecule is O=C(CN1C(=O)c2ccccc2C1=O)Nc1ccc2c(c1)CN(C(=O)c1ccccc1)CC2. The monoisotopic (exact) mass is 439 g/mol. The third kappa shape index (κ3) is 3.89. The summed E-state index contributed by atoms with van der Waals surface area (Å²) in [6.45, 7) is 0.722. The fourth-order valence-corrected chi connectivity index (χ4v) is 4.30. The van der Waals surface area contributed by atoms with Gasteiger partial charge in [0, 0.05) is 24.3 Å². The maximum Gasteiger partial charge on any atom is 0.262 e. The van der Waals surface area contributed by atoms with Gasteiger partial charge in [0.25, 0.3) is 17.7 Å². The summed E-state index contributed by atoms with van der Waals surface area (Å²) in [5.41, 5.74) is 3.92. The molecular weight excluding hydrogens is 418 g/mol. The molecule has 3 aromatic rings. The number of nitrogens with one attached hydrogen (secondary N) is 1. The van der Waals surface area contributed by atoms with Gasteiger partial charge in [-0.15, -0.1) is 0 Å². The Balaban J connectivity index is 1.26. The van der Waals surface area contributed by atoms with Crippen LogP contribution in [-0.2, 0) is 17.8 Å². The van der Waals surface area contributed by atoms with Crippen LogP contribution in [0.25, 0.3) is 0 Å². The number of benzene rings is 3. The highest BCUT2D eigenvalue weighted by molar-refractivity contribution is 6.22. The van der Waals surface area contributed by atoms with Gasteiger partial charge in [-0.1, -0.05) is 36.4 Å². The lowest BCUT2D eigenvalue weighted by atomic mass is 9.98. The zero-order valence-electron chi connectivity index (χ0n) is 17.8. The summed E-state index contributed by atoms with van der Waals surface area (Å²) in [7, 11) is 0. The first-order valence-corrected chi connectivity index (χ1v) is 10.7. The largest absolute Gasteiger partial charge is 0.334 e. The fourth-order valence-electron chi connectivity index (χ4n) is 4.30. The summed E-state index contributed by atoms with van der Waals surface area (Å²) in [6, 6.07) is 21.3. The molecule has 2 heterocycles. The summed E-state index contributed by atoms with van der Waals surface area (Å²) in [4.78, 5) is 53.2. The van der Waals surface area contributed by atoms with E-state index in [1.54, 1.807) is 47.4 Å². The van der Waals surface area contributed by atoms with E-state index in [-0.39, 0.29) is 12.5 Å². The number of anilines is 1. The lowest BCUT2D eigenvalue weighted by Crippen LogP contribution is -2.37. The molecule has 33 heavy (non-hydrogen) atoms. The first-order chi connectivity index (χ1) is 16.0. The van der Waals surface area contributed by atoms with E-state index < -0.39 is 17.7 Å². The molecule has 7 heteroatoms. The molecule has 0 aromatic heterocycles. The number of nitrogens with zero attached hydrogens (tertiary/aromatic N) is 2. The molecule has 1 N–H and O–H groups in total. The molecule has 3 aromatic carbocycles. The lowest BCUT2D eigenvalue weighted by molar-refractivity contribution is -0.116. The molecule has 0 atom stereocenters. The van der Waals surface area contributed by atoms with Gasteiger partial charge in [0.1, 0.15) is 6.54 Å². The average molecular weight is 439 g/mol. The Bertz CT molecular complexity index is 1250. The van der Waals surface area contributed by atoms with Gasteiger partial charge in [0.2, 0.25) is 5.91 Å². The summed E-state index contributed by atoms with van der Waals surface area (Å²) >= 11 is 0. The zero-order chi connectivity index (χ0) is 22.9. The van der Waals surface area contributed by atoms with Crippen molar-refractivity contribution in [3.63, 3.8) is 0 Å². The minimum atomic E-state index is -0.466. The molecule has 0 spiro atoms. The summed E-state index contributed by atoms with van der Waals surface area (Å²) in [5.74, 6) is -1.42. The van der Waals surface area contributed by atoms with Crippen molar-refractivity contribution < 1.29 is 19.2 Å². The lowest BCUT2D eigenvalue weighted by Gasteiger charge is -2.29. The predicted octanol–water partition coefficient (Wildman–Crippen LogP) is 3.12. The Morgan fingerprint density at radius 2 is 1.48 bits per heavy atom. The summed E-state index contributed by atoms with van der Waals surface area (Å²) < 4.78 is 0. The number of rotatable bonds is 4.